The fourth-order valence-electron chi connectivity index (χ4n) is 0.948. The number of aromatic nitrogens is 1. The van der Waals surface area contributed by atoms with Gasteiger partial charge in [-0.2, -0.15) is 0 Å². The summed E-state index contributed by atoms with van der Waals surface area (Å²) in [7, 11) is 1.35. The number of methoxy groups -OCH3 is 1. The van der Waals surface area contributed by atoms with Crippen LogP contribution in [0.4, 0.5) is 0 Å². The Bertz CT molecular complexity index is 249. The average molecular weight is 205 g/mol. The van der Waals surface area contributed by atoms with Crippen LogP contribution in [0, 0.1) is 0 Å². The second-order valence-corrected chi connectivity index (χ2v) is 2.51. The lowest BCUT2D eigenvalue weighted by atomic mass is 10.1. The molecule has 0 aliphatic heterocycles. The number of hydrogen-bond donors (Lipinski definition) is 2. The Kier molecular flexibility index (Phi) is 5.18. The zero-order chi connectivity index (χ0) is 8.97. The molecule has 74 valence electrons. The van der Waals surface area contributed by atoms with Crippen molar-refractivity contribution in [1.82, 2.24) is 4.98 Å². The summed E-state index contributed by atoms with van der Waals surface area (Å²) in [6.45, 7) is 0. The van der Waals surface area contributed by atoms with Crippen molar-refractivity contribution in [3.8, 4) is 0 Å². The molecule has 1 aromatic heterocycles. The minimum atomic E-state index is -0.299. The fourth-order valence-corrected chi connectivity index (χ4v) is 0.948. The van der Waals surface area contributed by atoms with Crippen molar-refractivity contribution in [1.29, 1.82) is 0 Å². The molecule has 0 spiro atoms. The molecule has 1 atom stereocenters. The average Bonchev–Trinajstić information content (AvgIpc) is 2.56. The Morgan fingerprint density at radius 1 is 1.77 bits per heavy atom. The summed E-state index contributed by atoms with van der Waals surface area (Å²) >= 11 is 0. The molecule has 3 N–H and O–H groups in total. The fraction of sp³-hybridized carbons (Fsp3) is 0.375. The number of aromatic amines is 1. The van der Waals surface area contributed by atoms with Gasteiger partial charge in [0.25, 0.3) is 0 Å². The summed E-state index contributed by atoms with van der Waals surface area (Å²) in [6, 6.07) is 3.38. The minimum Gasteiger partial charge on any atom is -0.469 e. The molecule has 1 heterocycles. The second kappa shape index (κ2) is 5.61. The first-order chi connectivity index (χ1) is 5.74. The van der Waals surface area contributed by atoms with Crippen LogP contribution in [-0.4, -0.2) is 18.1 Å². The zero-order valence-electron chi connectivity index (χ0n) is 7.32. The van der Waals surface area contributed by atoms with E-state index in [1.165, 1.54) is 7.11 Å². The summed E-state index contributed by atoms with van der Waals surface area (Å²) in [6.07, 6.45) is 1.98. The normalized spacial score (nSPS) is 11.5. The topological polar surface area (TPSA) is 68.1 Å². The zero-order valence-corrected chi connectivity index (χ0v) is 8.14. The van der Waals surface area contributed by atoms with Crippen LogP contribution in [-0.2, 0) is 9.53 Å². The molecule has 0 aliphatic carbocycles. The van der Waals surface area contributed by atoms with E-state index in [0.717, 1.165) is 5.69 Å². The maximum absolute atomic E-state index is 10.8. The van der Waals surface area contributed by atoms with Gasteiger partial charge in [0, 0.05) is 11.9 Å². The van der Waals surface area contributed by atoms with Gasteiger partial charge in [0.15, 0.2) is 0 Å². The van der Waals surface area contributed by atoms with E-state index in [-0.39, 0.29) is 30.8 Å². The van der Waals surface area contributed by atoms with Crippen LogP contribution in [0.15, 0.2) is 18.3 Å². The second-order valence-electron chi connectivity index (χ2n) is 2.51. The highest BCUT2D eigenvalue weighted by Gasteiger charge is 2.11. The number of ether oxygens (including phenoxy) is 1. The monoisotopic (exact) mass is 204 g/mol. The number of rotatable bonds is 3. The Morgan fingerprint density at radius 2 is 2.46 bits per heavy atom. The van der Waals surface area contributed by atoms with E-state index in [0.29, 0.717) is 0 Å². The molecule has 0 aliphatic rings. The van der Waals surface area contributed by atoms with E-state index in [2.05, 4.69) is 9.72 Å². The van der Waals surface area contributed by atoms with Gasteiger partial charge in [-0.15, -0.1) is 12.4 Å². The van der Waals surface area contributed by atoms with Crippen LogP contribution < -0.4 is 5.73 Å². The molecule has 0 radical (unpaired) electrons. The van der Waals surface area contributed by atoms with E-state index in [9.17, 15) is 4.79 Å². The molecule has 0 amide bonds. The van der Waals surface area contributed by atoms with Crippen LogP contribution >= 0.6 is 12.4 Å². The molecule has 0 bridgehead atoms. The molecule has 1 aromatic rings. The van der Waals surface area contributed by atoms with Gasteiger partial charge in [0.1, 0.15) is 0 Å². The van der Waals surface area contributed by atoms with E-state index in [1.807, 2.05) is 12.1 Å². The molecule has 13 heavy (non-hydrogen) atoms. The first kappa shape index (κ1) is 12.0. The summed E-state index contributed by atoms with van der Waals surface area (Å²) in [5, 5.41) is 0. The maximum atomic E-state index is 10.8. The predicted octanol–water partition coefficient (Wildman–Crippen LogP) is 0.999. The molecule has 4 nitrogen and oxygen atoms in total. The molecule has 0 fully saturated rings. The lowest BCUT2D eigenvalue weighted by Gasteiger charge is -2.07. The summed E-state index contributed by atoms with van der Waals surface area (Å²) in [4.78, 5) is 13.7. The van der Waals surface area contributed by atoms with Crippen LogP contribution in [0.2, 0.25) is 0 Å². The lowest BCUT2D eigenvalue weighted by molar-refractivity contribution is -0.141. The number of hydrogen-bond acceptors (Lipinski definition) is 3. The molecular formula is C8H13ClN2O2. The van der Waals surface area contributed by atoms with Crippen LogP contribution in [0.3, 0.4) is 0 Å². The van der Waals surface area contributed by atoms with Crippen LogP contribution in [0.1, 0.15) is 18.2 Å². The maximum Gasteiger partial charge on any atom is 0.307 e. The Hall–Kier alpha value is -1.00. The number of nitrogens with one attached hydrogen (secondary N) is 1. The van der Waals surface area contributed by atoms with Crippen molar-refractivity contribution in [3.05, 3.63) is 24.0 Å². The lowest BCUT2D eigenvalue weighted by Crippen LogP contribution is -2.16. The predicted molar refractivity (Wildman–Crippen MR) is 51.6 cm³/mol. The molecule has 0 saturated carbocycles. The van der Waals surface area contributed by atoms with Crippen molar-refractivity contribution >= 4 is 18.4 Å². The van der Waals surface area contributed by atoms with Gasteiger partial charge in [-0.25, -0.2) is 0 Å². The molecule has 0 aromatic carbocycles. The van der Waals surface area contributed by atoms with Crippen molar-refractivity contribution < 1.29 is 9.53 Å². The van der Waals surface area contributed by atoms with Crippen molar-refractivity contribution in [2.75, 3.05) is 7.11 Å². The summed E-state index contributed by atoms with van der Waals surface area (Å²) < 4.78 is 4.49. The third kappa shape index (κ3) is 3.48. The van der Waals surface area contributed by atoms with Gasteiger partial charge in [-0.3, -0.25) is 4.79 Å². The van der Waals surface area contributed by atoms with Crippen molar-refractivity contribution in [2.24, 2.45) is 5.73 Å². The van der Waals surface area contributed by atoms with Gasteiger partial charge in [-0.1, -0.05) is 0 Å². The molecule has 5 heteroatoms. The number of carbonyl (C=O) groups is 1. The Balaban J connectivity index is 0.00000144. The third-order valence-corrected chi connectivity index (χ3v) is 1.64. The minimum absolute atomic E-state index is 0. The number of H-pyrrole nitrogens is 1. The smallest absolute Gasteiger partial charge is 0.307 e. The van der Waals surface area contributed by atoms with Gasteiger partial charge in [0.05, 0.1) is 19.6 Å². The van der Waals surface area contributed by atoms with Crippen LogP contribution in [0.5, 0.6) is 0 Å². The highest BCUT2D eigenvalue weighted by molar-refractivity contribution is 5.85. The largest absolute Gasteiger partial charge is 0.469 e. The van der Waals surface area contributed by atoms with E-state index >= 15 is 0 Å². The van der Waals surface area contributed by atoms with Gasteiger partial charge in [0.2, 0.25) is 0 Å². The Morgan fingerprint density at radius 3 is 2.92 bits per heavy atom. The van der Waals surface area contributed by atoms with Gasteiger partial charge in [-0.05, 0) is 12.1 Å². The molecular weight excluding hydrogens is 192 g/mol. The van der Waals surface area contributed by atoms with Gasteiger partial charge < -0.3 is 15.5 Å². The SMILES string of the molecule is COC(=O)C[C@@H](N)c1ccc[nH]1.Cl. The number of halogens is 1. The van der Waals surface area contributed by atoms with Crippen molar-refractivity contribution in [3.63, 3.8) is 0 Å². The highest BCUT2D eigenvalue weighted by Crippen LogP contribution is 2.11. The Labute approximate surface area is 82.9 Å². The molecule has 0 unspecified atom stereocenters. The van der Waals surface area contributed by atoms with E-state index < -0.39 is 0 Å². The summed E-state index contributed by atoms with van der Waals surface area (Å²) in [5.41, 5.74) is 6.53. The number of esters is 1. The molecule has 1 rings (SSSR count). The van der Waals surface area contributed by atoms with E-state index in [4.69, 9.17) is 5.73 Å². The first-order valence-corrected chi connectivity index (χ1v) is 3.69. The summed E-state index contributed by atoms with van der Waals surface area (Å²) in [5.74, 6) is -0.294. The molecule has 0 saturated heterocycles. The highest BCUT2D eigenvalue weighted by atomic mass is 35.5. The van der Waals surface area contributed by atoms with Crippen LogP contribution in [0.25, 0.3) is 0 Å². The van der Waals surface area contributed by atoms with Gasteiger partial charge >= 0.3 is 5.97 Å². The van der Waals surface area contributed by atoms with Crippen molar-refractivity contribution in [2.45, 2.75) is 12.5 Å². The third-order valence-electron chi connectivity index (χ3n) is 1.64. The quantitative estimate of drug-likeness (QED) is 0.722. The standard InChI is InChI=1S/C8H12N2O2.ClH/c1-12-8(11)5-6(9)7-3-2-4-10-7;/h2-4,6,10H,5,9H2,1H3;1H/t6-;/m1./s1. The van der Waals surface area contributed by atoms with E-state index in [1.54, 1.807) is 6.20 Å². The number of carbonyl (C=O) groups excluding carboxylic acids is 1. The number of nitrogens with two attached hydrogens (primary N) is 1. The first-order valence-electron chi connectivity index (χ1n) is 3.69.